The second-order valence-electron chi connectivity index (χ2n) is 4.26. The number of halogens is 1. The van der Waals surface area contributed by atoms with Crippen molar-refractivity contribution in [3.05, 3.63) is 22.2 Å². The number of ether oxygens (including phenoxy) is 2. The molecule has 108 valence electrons. The van der Waals surface area contributed by atoms with Gasteiger partial charge in [0.25, 0.3) is 0 Å². The van der Waals surface area contributed by atoms with E-state index in [4.69, 9.17) is 15.2 Å². The Morgan fingerprint density at radius 1 is 1.26 bits per heavy atom. The van der Waals surface area contributed by atoms with Crippen LogP contribution in [-0.4, -0.2) is 31.5 Å². The molecule has 1 unspecified atom stereocenters. The maximum atomic E-state index is 9.22. The summed E-state index contributed by atoms with van der Waals surface area (Å²) in [7, 11) is 0. The number of aliphatic hydroxyl groups excluding tert-OH is 1. The topological polar surface area (TPSA) is 64.7 Å². The average Bonchev–Trinajstić information content (AvgIpc) is 2.40. The van der Waals surface area contributed by atoms with Gasteiger partial charge in [-0.25, -0.2) is 0 Å². The molecule has 1 aromatic carbocycles. The maximum absolute atomic E-state index is 9.22. The van der Waals surface area contributed by atoms with Crippen molar-refractivity contribution in [2.45, 2.75) is 20.3 Å². The summed E-state index contributed by atoms with van der Waals surface area (Å²) in [6, 6.07) is 3.95. The van der Waals surface area contributed by atoms with Crippen LogP contribution in [0.15, 0.2) is 16.6 Å². The highest BCUT2D eigenvalue weighted by molar-refractivity contribution is 9.10. The highest BCUT2D eigenvalue weighted by Crippen LogP contribution is 2.37. The van der Waals surface area contributed by atoms with Crippen LogP contribution >= 0.6 is 15.9 Å². The summed E-state index contributed by atoms with van der Waals surface area (Å²) < 4.78 is 12.1. The highest BCUT2D eigenvalue weighted by Gasteiger charge is 2.14. The lowest BCUT2D eigenvalue weighted by Crippen LogP contribution is -2.20. The zero-order valence-corrected chi connectivity index (χ0v) is 13.1. The normalized spacial score (nSPS) is 12.3. The van der Waals surface area contributed by atoms with Crippen LogP contribution in [0.4, 0.5) is 0 Å². The largest absolute Gasteiger partial charge is 0.490 e. The maximum Gasteiger partial charge on any atom is 0.175 e. The molecule has 4 nitrogen and oxygen atoms in total. The Labute approximate surface area is 123 Å². The first kappa shape index (κ1) is 16.3. The van der Waals surface area contributed by atoms with E-state index in [1.807, 2.05) is 26.0 Å². The van der Waals surface area contributed by atoms with Gasteiger partial charge in [0.05, 0.1) is 17.7 Å². The molecule has 0 fully saturated rings. The fourth-order valence-corrected chi connectivity index (χ4v) is 2.45. The van der Waals surface area contributed by atoms with E-state index in [0.717, 1.165) is 28.0 Å². The molecule has 0 aliphatic heterocycles. The zero-order valence-electron chi connectivity index (χ0n) is 11.5. The molecule has 5 heteroatoms. The minimum atomic E-state index is 0.0688. The van der Waals surface area contributed by atoms with E-state index in [9.17, 15) is 5.11 Å². The number of aliphatic hydroxyl groups is 1. The van der Waals surface area contributed by atoms with Crippen LogP contribution in [0, 0.1) is 5.92 Å². The monoisotopic (exact) mass is 331 g/mol. The molecule has 0 bridgehead atoms. The van der Waals surface area contributed by atoms with Gasteiger partial charge in [0.1, 0.15) is 0 Å². The number of hydrogen-bond acceptors (Lipinski definition) is 4. The van der Waals surface area contributed by atoms with E-state index in [0.29, 0.717) is 19.8 Å². The van der Waals surface area contributed by atoms with E-state index in [2.05, 4.69) is 15.9 Å². The summed E-state index contributed by atoms with van der Waals surface area (Å²) >= 11 is 3.50. The molecule has 3 N–H and O–H groups in total. The predicted molar refractivity (Wildman–Crippen MR) is 79.8 cm³/mol. The molecule has 0 saturated heterocycles. The molecule has 1 rings (SSSR count). The molecule has 0 aromatic heterocycles. The van der Waals surface area contributed by atoms with Crippen LogP contribution in [0.1, 0.15) is 19.4 Å². The third-order valence-corrected chi connectivity index (χ3v) is 3.36. The van der Waals surface area contributed by atoms with Crippen LogP contribution in [0.25, 0.3) is 0 Å². The van der Waals surface area contributed by atoms with Crippen LogP contribution in [-0.2, 0) is 6.42 Å². The van der Waals surface area contributed by atoms with Gasteiger partial charge in [-0.15, -0.1) is 0 Å². The van der Waals surface area contributed by atoms with Crippen molar-refractivity contribution in [1.29, 1.82) is 0 Å². The van der Waals surface area contributed by atoms with Gasteiger partial charge in [0.15, 0.2) is 11.5 Å². The van der Waals surface area contributed by atoms with Gasteiger partial charge >= 0.3 is 0 Å². The third kappa shape index (κ3) is 4.67. The summed E-state index contributed by atoms with van der Waals surface area (Å²) in [4.78, 5) is 0. The van der Waals surface area contributed by atoms with Crippen molar-refractivity contribution in [3.63, 3.8) is 0 Å². The molecular weight excluding hydrogens is 310 g/mol. The average molecular weight is 332 g/mol. The minimum Gasteiger partial charge on any atom is -0.490 e. The molecule has 0 radical (unpaired) electrons. The van der Waals surface area contributed by atoms with Crippen molar-refractivity contribution < 1.29 is 14.6 Å². The molecule has 0 aliphatic rings. The summed E-state index contributed by atoms with van der Waals surface area (Å²) in [6.07, 6.45) is 0.720. The Hall–Kier alpha value is -0.780. The molecule has 0 saturated carbocycles. The van der Waals surface area contributed by atoms with Crippen LogP contribution in [0.5, 0.6) is 11.5 Å². The Bertz CT molecular complexity index is 395. The lowest BCUT2D eigenvalue weighted by atomic mass is 10.00. The Morgan fingerprint density at radius 2 is 1.95 bits per heavy atom. The van der Waals surface area contributed by atoms with Gasteiger partial charge < -0.3 is 20.3 Å². The molecule has 0 aliphatic carbocycles. The van der Waals surface area contributed by atoms with Crippen molar-refractivity contribution in [1.82, 2.24) is 0 Å². The molecule has 19 heavy (non-hydrogen) atoms. The smallest absolute Gasteiger partial charge is 0.175 e. The lowest BCUT2D eigenvalue weighted by molar-refractivity contribution is 0.229. The van der Waals surface area contributed by atoms with E-state index in [1.165, 1.54) is 0 Å². The van der Waals surface area contributed by atoms with E-state index in [-0.39, 0.29) is 12.5 Å². The molecular formula is C14H22BrNO3. The predicted octanol–water partition coefficient (Wildman–Crippen LogP) is 2.36. The Morgan fingerprint density at radius 3 is 2.47 bits per heavy atom. The first-order valence-corrected chi connectivity index (χ1v) is 7.34. The summed E-state index contributed by atoms with van der Waals surface area (Å²) in [5.41, 5.74) is 6.69. The lowest BCUT2D eigenvalue weighted by Gasteiger charge is -2.16. The van der Waals surface area contributed by atoms with Gasteiger partial charge in [-0.05, 0) is 66.4 Å². The first-order valence-electron chi connectivity index (χ1n) is 6.55. The Kier molecular flexibility index (Phi) is 7.20. The van der Waals surface area contributed by atoms with Crippen LogP contribution in [0.3, 0.4) is 0 Å². The standard InChI is InChI=1S/C14H22BrNO3/c1-3-18-13-7-10(5-11(8-16)9-17)6-12(15)14(13)19-4-2/h6-7,11,17H,3-5,8-9,16H2,1-2H3. The van der Waals surface area contributed by atoms with E-state index in [1.54, 1.807) is 0 Å². The van der Waals surface area contributed by atoms with Gasteiger partial charge in [0, 0.05) is 6.61 Å². The van der Waals surface area contributed by atoms with Crippen molar-refractivity contribution in [2.75, 3.05) is 26.4 Å². The van der Waals surface area contributed by atoms with Gasteiger partial charge in [0.2, 0.25) is 0 Å². The van der Waals surface area contributed by atoms with Crippen molar-refractivity contribution in [3.8, 4) is 11.5 Å². The highest BCUT2D eigenvalue weighted by atomic mass is 79.9. The van der Waals surface area contributed by atoms with Crippen LogP contribution in [0.2, 0.25) is 0 Å². The number of nitrogens with two attached hydrogens (primary N) is 1. The van der Waals surface area contributed by atoms with Gasteiger partial charge in [-0.1, -0.05) is 0 Å². The SMILES string of the molecule is CCOc1cc(CC(CN)CO)cc(Br)c1OCC. The summed E-state index contributed by atoms with van der Waals surface area (Å²) in [6.45, 7) is 5.59. The quantitative estimate of drug-likeness (QED) is 0.767. The molecule has 0 heterocycles. The van der Waals surface area contributed by atoms with Gasteiger partial charge in [-0.3, -0.25) is 0 Å². The fraction of sp³-hybridized carbons (Fsp3) is 0.571. The van der Waals surface area contributed by atoms with E-state index >= 15 is 0 Å². The van der Waals surface area contributed by atoms with Crippen molar-refractivity contribution >= 4 is 15.9 Å². The number of hydrogen-bond donors (Lipinski definition) is 2. The zero-order chi connectivity index (χ0) is 14.3. The molecule has 1 aromatic rings. The number of benzene rings is 1. The first-order chi connectivity index (χ1) is 9.15. The second kappa shape index (κ2) is 8.40. The van der Waals surface area contributed by atoms with E-state index < -0.39 is 0 Å². The summed E-state index contributed by atoms with van der Waals surface area (Å²) in [5.74, 6) is 1.52. The summed E-state index contributed by atoms with van der Waals surface area (Å²) in [5, 5.41) is 9.22. The number of rotatable bonds is 8. The Balaban J connectivity index is 3.01. The van der Waals surface area contributed by atoms with Crippen molar-refractivity contribution in [2.24, 2.45) is 11.7 Å². The molecule has 0 amide bonds. The fourth-order valence-electron chi connectivity index (χ4n) is 1.84. The second-order valence-corrected chi connectivity index (χ2v) is 5.11. The molecule has 1 atom stereocenters. The minimum absolute atomic E-state index is 0.0688. The molecule has 0 spiro atoms. The third-order valence-electron chi connectivity index (χ3n) is 2.77. The van der Waals surface area contributed by atoms with Crippen LogP contribution < -0.4 is 15.2 Å². The van der Waals surface area contributed by atoms with Gasteiger partial charge in [-0.2, -0.15) is 0 Å².